The Bertz CT molecular complexity index is 771. The summed E-state index contributed by atoms with van der Waals surface area (Å²) in [4.78, 5) is 0. The van der Waals surface area contributed by atoms with Gasteiger partial charge in [-0.05, 0) is 57.5 Å². The highest BCUT2D eigenvalue weighted by molar-refractivity contribution is 14.1. The summed E-state index contributed by atoms with van der Waals surface area (Å²) < 4.78 is 6.89. The first-order chi connectivity index (χ1) is 11.2. The fraction of sp³-hybridized carbons (Fsp3) is 0.100. The quantitative estimate of drug-likeness (QED) is 0.597. The summed E-state index contributed by atoms with van der Waals surface area (Å²) in [6, 6.07) is 25.5. The monoisotopic (exact) mass is 416 g/mol. The van der Waals surface area contributed by atoms with Crippen molar-refractivity contribution in [2.45, 2.75) is 12.7 Å². The number of benzene rings is 3. The molecule has 0 fully saturated rings. The molecule has 23 heavy (non-hydrogen) atoms. The van der Waals surface area contributed by atoms with Crippen molar-refractivity contribution in [2.24, 2.45) is 0 Å². The largest absolute Gasteiger partial charge is 0.489 e. The van der Waals surface area contributed by atoms with Crippen molar-refractivity contribution in [2.75, 3.05) is 0 Å². The van der Waals surface area contributed by atoms with Gasteiger partial charge < -0.3 is 9.84 Å². The molecule has 1 N–H and O–H groups in total. The third-order valence-corrected chi connectivity index (χ3v) is 4.60. The first kappa shape index (κ1) is 16.0. The minimum Gasteiger partial charge on any atom is -0.489 e. The van der Waals surface area contributed by atoms with Crippen molar-refractivity contribution < 1.29 is 9.84 Å². The van der Waals surface area contributed by atoms with E-state index >= 15 is 0 Å². The fourth-order valence-corrected chi connectivity index (χ4v) is 3.07. The van der Waals surface area contributed by atoms with Crippen molar-refractivity contribution in [3.8, 4) is 5.75 Å². The van der Waals surface area contributed by atoms with E-state index in [1.807, 2.05) is 78.9 Å². The van der Waals surface area contributed by atoms with E-state index in [1.54, 1.807) is 0 Å². The molecule has 0 aliphatic carbocycles. The molecule has 0 radical (unpaired) electrons. The summed E-state index contributed by atoms with van der Waals surface area (Å²) in [6.45, 7) is 0.517. The highest BCUT2D eigenvalue weighted by Crippen LogP contribution is 2.28. The minimum absolute atomic E-state index is 0.517. The van der Waals surface area contributed by atoms with Gasteiger partial charge in [0.2, 0.25) is 0 Å². The summed E-state index contributed by atoms with van der Waals surface area (Å²) in [5, 5.41) is 10.6. The van der Waals surface area contributed by atoms with E-state index in [2.05, 4.69) is 22.6 Å². The maximum Gasteiger partial charge on any atom is 0.120 e. The average Bonchev–Trinajstić information content (AvgIpc) is 2.61. The molecule has 3 heteroatoms. The van der Waals surface area contributed by atoms with E-state index in [0.29, 0.717) is 6.61 Å². The van der Waals surface area contributed by atoms with Crippen LogP contribution in [0.4, 0.5) is 0 Å². The van der Waals surface area contributed by atoms with E-state index < -0.39 is 6.10 Å². The van der Waals surface area contributed by atoms with E-state index in [0.717, 1.165) is 26.0 Å². The Morgan fingerprint density at radius 1 is 0.870 bits per heavy atom. The summed E-state index contributed by atoms with van der Waals surface area (Å²) in [5.41, 5.74) is 2.86. The molecule has 0 aromatic heterocycles. The third kappa shape index (κ3) is 4.12. The van der Waals surface area contributed by atoms with Crippen LogP contribution in [0.2, 0.25) is 0 Å². The van der Waals surface area contributed by atoms with Crippen LogP contribution in [-0.4, -0.2) is 5.11 Å². The molecule has 0 saturated heterocycles. The Balaban J connectivity index is 1.76. The second-order valence-corrected chi connectivity index (χ2v) is 6.43. The molecule has 116 valence electrons. The molecule has 1 unspecified atom stereocenters. The van der Waals surface area contributed by atoms with E-state index in [4.69, 9.17) is 4.74 Å². The first-order valence-electron chi connectivity index (χ1n) is 7.43. The molecule has 1 atom stereocenters. The zero-order valence-corrected chi connectivity index (χ0v) is 14.7. The van der Waals surface area contributed by atoms with Gasteiger partial charge in [0, 0.05) is 3.57 Å². The van der Waals surface area contributed by atoms with Crippen LogP contribution >= 0.6 is 22.6 Å². The zero-order chi connectivity index (χ0) is 16.1. The summed E-state index contributed by atoms with van der Waals surface area (Å²) in [7, 11) is 0. The lowest BCUT2D eigenvalue weighted by Crippen LogP contribution is -2.02. The second-order valence-electron chi connectivity index (χ2n) is 5.27. The van der Waals surface area contributed by atoms with Crippen LogP contribution in [0.3, 0.4) is 0 Å². The van der Waals surface area contributed by atoms with Crippen LogP contribution < -0.4 is 4.74 Å². The van der Waals surface area contributed by atoms with Gasteiger partial charge in [-0.1, -0.05) is 60.7 Å². The Hall–Kier alpha value is -1.85. The molecule has 0 heterocycles. The maximum atomic E-state index is 10.6. The lowest BCUT2D eigenvalue weighted by molar-refractivity contribution is 0.218. The van der Waals surface area contributed by atoms with Gasteiger partial charge in [0.15, 0.2) is 0 Å². The smallest absolute Gasteiger partial charge is 0.120 e. The van der Waals surface area contributed by atoms with Crippen LogP contribution in [0.15, 0.2) is 78.9 Å². The Kier molecular flexibility index (Phi) is 5.31. The number of rotatable bonds is 5. The molecule has 2 nitrogen and oxygen atoms in total. The van der Waals surface area contributed by atoms with Gasteiger partial charge >= 0.3 is 0 Å². The van der Waals surface area contributed by atoms with Crippen molar-refractivity contribution >= 4 is 22.6 Å². The predicted octanol–water partition coefficient (Wildman–Crippen LogP) is 4.95. The Morgan fingerprint density at radius 2 is 1.61 bits per heavy atom. The molecule has 0 aliphatic heterocycles. The molecule has 0 bridgehead atoms. The first-order valence-corrected chi connectivity index (χ1v) is 8.51. The van der Waals surface area contributed by atoms with Gasteiger partial charge in [0.05, 0.1) is 0 Å². The molecule has 3 rings (SSSR count). The third-order valence-electron chi connectivity index (χ3n) is 3.62. The highest BCUT2D eigenvalue weighted by Gasteiger charge is 2.13. The van der Waals surface area contributed by atoms with E-state index in [1.165, 1.54) is 0 Å². The number of halogens is 1. The van der Waals surface area contributed by atoms with Gasteiger partial charge in [-0.2, -0.15) is 0 Å². The summed E-state index contributed by atoms with van der Waals surface area (Å²) in [6.07, 6.45) is -0.650. The molecule has 3 aromatic carbocycles. The van der Waals surface area contributed by atoms with Gasteiger partial charge in [0.25, 0.3) is 0 Å². The minimum atomic E-state index is -0.650. The summed E-state index contributed by atoms with van der Waals surface area (Å²) in [5.74, 6) is 0.761. The predicted molar refractivity (Wildman–Crippen MR) is 100 cm³/mol. The van der Waals surface area contributed by atoms with Gasteiger partial charge in [-0.25, -0.2) is 0 Å². The van der Waals surface area contributed by atoms with Crippen molar-refractivity contribution in [1.29, 1.82) is 0 Å². The molecular formula is C20H17IO2. The Morgan fingerprint density at radius 3 is 2.39 bits per heavy atom. The fourth-order valence-electron chi connectivity index (χ4n) is 2.39. The standard InChI is InChI=1S/C20H17IO2/c21-19-12-5-4-11-18(19)20(22)16-9-6-10-17(13-16)23-14-15-7-2-1-3-8-15/h1-13,20,22H,14H2. The van der Waals surface area contributed by atoms with Crippen LogP contribution in [0.25, 0.3) is 0 Å². The summed E-state index contributed by atoms with van der Waals surface area (Å²) >= 11 is 2.24. The number of aliphatic hydroxyl groups excluding tert-OH is 1. The maximum absolute atomic E-state index is 10.6. The highest BCUT2D eigenvalue weighted by atomic mass is 127. The van der Waals surface area contributed by atoms with E-state index in [9.17, 15) is 5.11 Å². The van der Waals surface area contributed by atoms with Crippen LogP contribution in [0.1, 0.15) is 22.8 Å². The normalized spacial score (nSPS) is 11.9. The average molecular weight is 416 g/mol. The lowest BCUT2D eigenvalue weighted by atomic mass is 10.0. The molecule has 0 saturated carbocycles. The van der Waals surface area contributed by atoms with Crippen LogP contribution in [0, 0.1) is 3.57 Å². The van der Waals surface area contributed by atoms with E-state index in [-0.39, 0.29) is 0 Å². The number of aliphatic hydroxyl groups is 1. The topological polar surface area (TPSA) is 29.5 Å². The number of ether oxygens (including phenoxy) is 1. The second kappa shape index (κ2) is 7.62. The van der Waals surface area contributed by atoms with Crippen LogP contribution in [-0.2, 0) is 6.61 Å². The molecular weight excluding hydrogens is 399 g/mol. The lowest BCUT2D eigenvalue weighted by Gasteiger charge is -2.15. The number of hydrogen-bond donors (Lipinski definition) is 1. The SMILES string of the molecule is OC(c1cccc(OCc2ccccc2)c1)c1ccccc1I. The van der Waals surface area contributed by atoms with Crippen molar-refractivity contribution in [3.63, 3.8) is 0 Å². The van der Waals surface area contributed by atoms with Crippen LogP contribution in [0.5, 0.6) is 5.75 Å². The molecule has 0 spiro atoms. The van der Waals surface area contributed by atoms with Crippen molar-refractivity contribution in [3.05, 3.63) is 99.1 Å². The van der Waals surface area contributed by atoms with Gasteiger partial charge in [-0.3, -0.25) is 0 Å². The van der Waals surface area contributed by atoms with Gasteiger partial charge in [0.1, 0.15) is 18.5 Å². The number of hydrogen-bond acceptors (Lipinski definition) is 2. The molecule has 3 aromatic rings. The zero-order valence-electron chi connectivity index (χ0n) is 12.5. The molecule has 0 aliphatic rings. The van der Waals surface area contributed by atoms with Crippen molar-refractivity contribution in [1.82, 2.24) is 0 Å². The Labute approximate surface area is 149 Å². The molecule has 0 amide bonds. The van der Waals surface area contributed by atoms with Gasteiger partial charge in [-0.15, -0.1) is 0 Å².